The smallest absolute Gasteiger partial charge is 0.230 e. The van der Waals surface area contributed by atoms with Gasteiger partial charge < -0.3 is 10.1 Å². The van der Waals surface area contributed by atoms with Gasteiger partial charge in [0.1, 0.15) is 5.75 Å². The number of carbonyl (C=O) groups excluding carboxylic acids is 1. The molecule has 0 aliphatic heterocycles. The fourth-order valence-electron chi connectivity index (χ4n) is 2.48. The molecule has 0 aliphatic rings. The summed E-state index contributed by atoms with van der Waals surface area (Å²) < 4.78 is 6.32. The SMILES string of the molecule is COc1ccc(CC(=O)Nc2nc3ccc(SC)cc3s2)cc1C. The predicted molar refractivity (Wildman–Crippen MR) is 101 cm³/mol. The topological polar surface area (TPSA) is 51.2 Å². The van der Waals surface area contributed by atoms with Gasteiger partial charge in [-0.15, -0.1) is 11.8 Å². The molecule has 2 aromatic carbocycles. The number of methoxy groups -OCH3 is 1. The summed E-state index contributed by atoms with van der Waals surface area (Å²) >= 11 is 3.19. The summed E-state index contributed by atoms with van der Waals surface area (Å²) in [5, 5.41) is 3.53. The molecule has 24 heavy (non-hydrogen) atoms. The fourth-order valence-corrected chi connectivity index (χ4v) is 3.92. The van der Waals surface area contributed by atoms with Gasteiger partial charge >= 0.3 is 0 Å². The zero-order chi connectivity index (χ0) is 17.1. The van der Waals surface area contributed by atoms with Gasteiger partial charge in [-0.25, -0.2) is 4.98 Å². The zero-order valence-corrected chi connectivity index (χ0v) is 15.4. The molecule has 3 rings (SSSR count). The van der Waals surface area contributed by atoms with Crippen molar-refractivity contribution < 1.29 is 9.53 Å². The molecule has 0 bridgehead atoms. The minimum atomic E-state index is -0.0660. The van der Waals surface area contributed by atoms with Gasteiger partial charge in [0.05, 0.1) is 23.7 Å². The summed E-state index contributed by atoms with van der Waals surface area (Å²) in [5.74, 6) is 0.763. The summed E-state index contributed by atoms with van der Waals surface area (Å²) in [5.41, 5.74) is 2.89. The molecule has 124 valence electrons. The van der Waals surface area contributed by atoms with Crippen LogP contribution in [0.3, 0.4) is 0 Å². The summed E-state index contributed by atoms with van der Waals surface area (Å²) in [4.78, 5) is 17.9. The fraction of sp³-hybridized carbons (Fsp3) is 0.222. The third-order valence-corrected chi connectivity index (χ3v) is 5.32. The quantitative estimate of drug-likeness (QED) is 0.682. The molecule has 3 aromatic rings. The highest BCUT2D eigenvalue weighted by molar-refractivity contribution is 7.98. The Kier molecular flexibility index (Phi) is 5.06. The Bertz CT molecular complexity index is 890. The van der Waals surface area contributed by atoms with Crippen molar-refractivity contribution in [3.63, 3.8) is 0 Å². The van der Waals surface area contributed by atoms with Crippen molar-refractivity contribution in [2.24, 2.45) is 0 Å². The van der Waals surface area contributed by atoms with Gasteiger partial charge in [0.2, 0.25) is 5.91 Å². The molecule has 1 N–H and O–H groups in total. The third-order valence-electron chi connectivity index (χ3n) is 3.67. The number of ether oxygens (including phenoxy) is 1. The van der Waals surface area contributed by atoms with Gasteiger partial charge in [-0.05, 0) is 48.6 Å². The number of fused-ring (bicyclic) bond motifs is 1. The van der Waals surface area contributed by atoms with Gasteiger partial charge in [-0.2, -0.15) is 0 Å². The van der Waals surface area contributed by atoms with Crippen molar-refractivity contribution in [2.75, 3.05) is 18.7 Å². The van der Waals surface area contributed by atoms with Crippen LogP contribution in [0.1, 0.15) is 11.1 Å². The second-order valence-corrected chi connectivity index (χ2v) is 7.29. The van der Waals surface area contributed by atoms with E-state index in [9.17, 15) is 4.79 Å². The number of hydrogen-bond acceptors (Lipinski definition) is 5. The Labute approximate surface area is 149 Å². The Hall–Kier alpha value is -2.05. The van der Waals surface area contributed by atoms with Crippen LogP contribution < -0.4 is 10.1 Å². The summed E-state index contributed by atoms with van der Waals surface area (Å²) in [6.07, 6.45) is 2.36. The molecule has 4 nitrogen and oxygen atoms in total. The number of benzene rings is 2. The van der Waals surface area contributed by atoms with E-state index >= 15 is 0 Å². The Balaban J connectivity index is 1.71. The number of thioether (sulfide) groups is 1. The van der Waals surface area contributed by atoms with Crippen LogP contribution in [0.4, 0.5) is 5.13 Å². The van der Waals surface area contributed by atoms with Gasteiger partial charge in [-0.3, -0.25) is 4.79 Å². The number of amides is 1. The molecule has 1 amide bonds. The van der Waals surface area contributed by atoms with Crippen molar-refractivity contribution in [3.8, 4) is 5.75 Å². The number of carbonyl (C=O) groups is 1. The van der Waals surface area contributed by atoms with Crippen LogP contribution in [0, 0.1) is 6.92 Å². The van der Waals surface area contributed by atoms with Gasteiger partial charge in [0.25, 0.3) is 0 Å². The van der Waals surface area contributed by atoms with E-state index in [1.54, 1.807) is 18.9 Å². The lowest BCUT2D eigenvalue weighted by Crippen LogP contribution is -2.14. The highest BCUT2D eigenvalue weighted by Gasteiger charge is 2.10. The molecule has 0 aliphatic carbocycles. The minimum Gasteiger partial charge on any atom is -0.496 e. The summed E-state index contributed by atoms with van der Waals surface area (Å²) in [6.45, 7) is 1.97. The van der Waals surface area contributed by atoms with E-state index in [0.29, 0.717) is 11.6 Å². The molecule has 0 fully saturated rings. The van der Waals surface area contributed by atoms with Crippen LogP contribution in [-0.2, 0) is 11.2 Å². The Morgan fingerprint density at radius 3 is 2.83 bits per heavy atom. The van der Waals surface area contributed by atoms with Gasteiger partial charge in [0.15, 0.2) is 5.13 Å². The highest BCUT2D eigenvalue weighted by Crippen LogP contribution is 2.29. The van der Waals surface area contributed by atoms with Crippen LogP contribution >= 0.6 is 23.1 Å². The second kappa shape index (κ2) is 7.23. The third kappa shape index (κ3) is 3.71. The van der Waals surface area contributed by atoms with E-state index in [0.717, 1.165) is 27.1 Å². The van der Waals surface area contributed by atoms with E-state index in [1.807, 2.05) is 43.5 Å². The van der Waals surface area contributed by atoms with Crippen LogP contribution in [0.2, 0.25) is 0 Å². The normalized spacial score (nSPS) is 10.8. The number of hydrogen-bond donors (Lipinski definition) is 1. The molecule has 0 spiro atoms. The summed E-state index contributed by atoms with van der Waals surface area (Å²) in [7, 11) is 1.64. The van der Waals surface area contributed by atoms with Crippen LogP contribution in [-0.4, -0.2) is 24.3 Å². The summed E-state index contributed by atoms with van der Waals surface area (Å²) in [6, 6.07) is 11.9. The lowest BCUT2D eigenvalue weighted by Gasteiger charge is -2.07. The lowest BCUT2D eigenvalue weighted by molar-refractivity contribution is -0.115. The molecule has 1 aromatic heterocycles. The number of rotatable bonds is 5. The first kappa shape index (κ1) is 16.8. The number of nitrogens with one attached hydrogen (secondary N) is 1. The predicted octanol–water partition coefficient (Wildman–Crippen LogP) is 4.52. The maximum Gasteiger partial charge on any atom is 0.230 e. The average molecular weight is 358 g/mol. The number of anilines is 1. The second-order valence-electron chi connectivity index (χ2n) is 5.38. The van der Waals surface area contributed by atoms with Crippen LogP contribution in [0.5, 0.6) is 5.75 Å². The first-order valence-electron chi connectivity index (χ1n) is 7.47. The van der Waals surface area contributed by atoms with Crippen molar-refractivity contribution in [1.82, 2.24) is 4.98 Å². The average Bonchev–Trinajstić information content (AvgIpc) is 2.95. The number of thiazole rings is 1. The number of aryl methyl sites for hydroxylation is 1. The molecule has 0 saturated carbocycles. The van der Waals surface area contributed by atoms with E-state index in [-0.39, 0.29) is 5.91 Å². The number of aromatic nitrogens is 1. The van der Waals surface area contributed by atoms with Gasteiger partial charge in [0, 0.05) is 4.90 Å². The maximum atomic E-state index is 12.3. The van der Waals surface area contributed by atoms with E-state index in [4.69, 9.17) is 4.74 Å². The molecule has 6 heteroatoms. The van der Waals surface area contributed by atoms with Crippen molar-refractivity contribution in [1.29, 1.82) is 0 Å². The molecule has 0 unspecified atom stereocenters. The van der Waals surface area contributed by atoms with Crippen molar-refractivity contribution in [3.05, 3.63) is 47.5 Å². The first-order chi connectivity index (χ1) is 11.6. The van der Waals surface area contributed by atoms with Crippen LogP contribution in [0.15, 0.2) is 41.3 Å². The highest BCUT2D eigenvalue weighted by atomic mass is 32.2. The minimum absolute atomic E-state index is 0.0660. The first-order valence-corrected chi connectivity index (χ1v) is 9.51. The molecule has 0 radical (unpaired) electrons. The Morgan fingerprint density at radius 1 is 1.29 bits per heavy atom. The molecule has 1 heterocycles. The zero-order valence-electron chi connectivity index (χ0n) is 13.8. The van der Waals surface area contributed by atoms with E-state index in [1.165, 1.54) is 16.2 Å². The van der Waals surface area contributed by atoms with Crippen molar-refractivity contribution in [2.45, 2.75) is 18.2 Å². The van der Waals surface area contributed by atoms with E-state index in [2.05, 4.69) is 16.4 Å². The largest absolute Gasteiger partial charge is 0.496 e. The molecule has 0 saturated heterocycles. The van der Waals surface area contributed by atoms with Crippen molar-refractivity contribution >= 4 is 44.4 Å². The molecular weight excluding hydrogens is 340 g/mol. The Morgan fingerprint density at radius 2 is 2.12 bits per heavy atom. The number of nitrogens with zero attached hydrogens (tertiary/aromatic N) is 1. The van der Waals surface area contributed by atoms with E-state index < -0.39 is 0 Å². The van der Waals surface area contributed by atoms with Crippen LogP contribution in [0.25, 0.3) is 10.2 Å². The molecular formula is C18H18N2O2S2. The van der Waals surface area contributed by atoms with Gasteiger partial charge in [-0.1, -0.05) is 23.5 Å². The maximum absolute atomic E-state index is 12.3. The standard InChI is InChI=1S/C18H18N2O2S2/c1-11-8-12(4-7-15(11)22-2)9-17(21)20-18-19-14-6-5-13(23-3)10-16(14)24-18/h4-8,10H,9H2,1-3H3,(H,19,20,21). The monoisotopic (exact) mass is 358 g/mol. The molecule has 0 atom stereocenters. The lowest BCUT2D eigenvalue weighted by atomic mass is 10.1.